The third-order valence-electron chi connectivity index (χ3n) is 3.61. The van der Waals surface area contributed by atoms with Gasteiger partial charge in [0.05, 0.1) is 5.56 Å². The lowest BCUT2D eigenvalue weighted by Crippen LogP contribution is -2.12. The summed E-state index contributed by atoms with van der Waals surface area (Å²) in [6.07, 6.45) is -3.40. The summed E-state index contributed by atoms with van der Waals surface area (Å²) < 4.78 is 37.7. The standard InChI is InChI=1S/C18H20F3N/c1-12(2)11-17(22)15-5-3-13(4-6-15)14-7-9-16(10-8-14)18(19,20)21/h3-10,12,17H,11,22H2,1-2H3/t17-/m0/s1. The van der Waals surface area contributed by atoms with Gasteiger partial charge in [-0.2, -0.15) is 13.2 Å². The summed E-state index contributed by atoms with van der Waals surface area (Å²) in [4.78, 5) is 0. The molecule has 0 radical (unpaired) electrons. The Balaban J connectivity index is 2.17. The van der Waals surface area contributed by atoms with Gasteiger partial charge in [-0.25, -0.2) is 0 Å². The molecule has 1 atom stereocenters. The molecular formula is C18H20F3N. The zero-order valence-corrected chi connectivity index (χ0v) is 12.7. The Morgan fingerprint density at radius 1 is 0.864 bits per heavy atom. The Morgan fingerprint density at radius 3 is 1.73 bits per heavy atom. The molecule has 0 aliphatic carbocycles. The van der Waals surface area contributed by atoms with Crippen molar-refractivity contribution in [1.29, 1.82) is 0 Å². The lowest BCUT2D eigenvalue weighted by molar-refractivity contribution is -0.137. The van der Waals surface area contributed by atoms with E-state index >= 15 is 0 Å². The molecule has 0 aromatic heterocycles. The normalized spacial score (nSPS) is 13.4. The summed E-state index contributed by atoms with van der Waals surface area (Å²) >= 11 is 0. The number of benzene rings is 2. The number of hydrogen-bond donors (Lipinski definition) is 1. The molecule has 22 heavy (non-hydrogen) atoms. The Labute approximate surface area is 129 Å². The van der Waals surface area contributed by atoms with E-state index in [4.69, 9.17) is 5.73 Å². The van der Waals surface area contributed by atoms with Crippen LogP contribution in [0.5, 0.6) is 0 Å². The fourth-order valence-electron chi connectivity index (χ4n) is 2.42. The van der Waals surface area contributed by atoms with Crippen molar-refractivity contribution in [3.63, 3.8) is 0 Å². The van der Waals surface area contributed by atoms with Gasteiger partial charge >= 0.3 is 6.18 Å². The van der Waals surface area contributed by atoms with Gasteiger partial charge in [-0.05, 0) is 41.2 Å². The van der Waals surface area contributed by atoms with Crippen molar-refractivity contribution in [2.24, 2.45) is 11.7 Å². The van der Waals surface area contributed by atoms with Crippen LogP contribution in [0.4, 0.5) is 13.2 Å². The van der Waals surface area contributed by atoms with E-state index in [0.717, 1.165) is 35.2 Å². The predicted octanol–water partition coefficient (Wildman–Crippen LogP) is 5.42. The molecule has 0 fully saturated rings. The highest BCUT2D eigenvalue weighted by Gasteiger charge is 2.29. The summed E-state index contributed by atoms with van der Waals surface area (Å²) in [6.45, 7) is 4.24. The highest BCUT2D eigenvalue weighted by Crippen LogP contribution is 2.31. The van der Waals surface area contributed by atoms with Gasteiger partial charge in [0.1, 0.15) is 0 Å². The Morgan fingerprint density at radius 2 is 1.32 bits per heavy atom. The SMILES string of the molecule is CC(C)C[C@H](N)c1ccc(-c2ccc(C(F)(F)F)cc2)cc1. The van der Waals surface area contributed by atoms with Crippen molar-refractivity contribution >= 4 is 0 Å². The molecule has 0 saturated carbocycles. The minimum Gasteiger partial charge on any atom is -0.324 e. The topological polar surface area (TPSA) is 26.0 Å². The van der Waals surface area contributed by atoms with Crippen LogP contribution in [-0.2, 0) is 6.18 Å². The van der Waals surface area contributed by atoms with Gasteiger partial charge in [0.15, 0.2) is 0 Å². The fourth-order valence-corrected chi connectivity index (χ4v) is 2.42. The van der Waals surface area contributed by atoms with Gasteiger partial charge in [0.2, 0.25) is 0 Å². The lowest BCUT2D eigenvalue weighted by Gasteiger charge is -2.15. The van der Waals surface area contributed by atoms with Crippen molar-refractivity contribution in [2.45, 2.75) is 32.5 Å². The number of halogens is 3. The van der Waals surface area contributed by atoms with E-state index in [1.807, 2.05) is 24.3 Å². The maximum absolute atomic E-state index is 12.6. The van der Waals surface area contributed by atoms with Crippen molar-refractivity contribution in [3.8, 4) is 11.1 Å². The molecule has 4 heteroatoms. The van der Waals surface area contributed by atoms with Gasteiger partial charge in [-0.1, -0.05) is 50.2 Å². The van der Waals surface area contributed by atoms with Gasteiger partial charge in [0, 0.05) is 6.04 Å². The van der Waals surface area contributed by atoms with Gasteiger partial charge in [0.25, 0.3) is 0 Å². The van der Waals surface area contributed by atoms with Crippen LogP contribution in [0.15, 0.2) is 48.5 Å². The van der Waals surface area contributed by atoms with Crippen LogP contribution in [0.1, 0.15) is 37.4 Å². The molecule has 2 N–H and O–H groups in total. The highest BCUT2D eigenvalue weighted by molar-refractivity contribution is 5.64. The van der Waals surface area contributed by atoms with Crippen LogP contribution in [0.2, 0.25) is 0 Å². The molecule has 0 spiro atoms. The van der Waals surface area contributed by atoms with Crippen LogP contribution < -0.4 is 5.73 Å². The zero-order chi connectivity index (χ0) is 16.3. The summed E-state index contributed by atoms with van der Waals surface area (Å²) in [7, 11) is 0. The molecule has 0 bridgehead atoms. The van der Waals surface area contributed by atoms with Crippen molar-refractivity contribution in [2.75, 3.05) is 0 Å². The molecule has 0 heterocycles. The van der Waals surface area contributed by atoms with Crippen molar-refractivity contribution < 1.29 is 13.2 Å². The summed E-state index contributed by atoms with van der Waals surface area (Å²) in [5.41, 5.74) is 8.19. The van der Waals surface area contributed by atoms with E-state index in [1.165, 1.54) is 12.1 Å². The second-order valence-corrected chi connectivity index (χ2v) is 5.93. The van der Waals surface area contributed by atoms with E-state index in [0.29, 0.717) is 5.92 Å². The molecule has 2 aromatic carbocycles. The number of rotatable bonds is 4. The third kappa shape index (κ3) is 4.10. The maximum atomic E-state index is 12.6. The molecule has 2 rings (SSSR count). The number of nitrogens with two attached hydrogens (primary N) is 1. The predicted molar refractivity (Wildman–Crippen MR) is 83.3 cm³/mol. The first kappa shape index (κ1) is 16.6. The smallest absolute Gasteiger partial charge is 0.324 e. The first-order valence-corrected chi connectivity index (χ1v) is 7.30. The Kier molecular flexibility index (Phi) is 4.91. The average Bonchev–Trinajstić information content (AvgIpc) is 2.46. The van der Waals surface area contributed by atoms with Crippen LogP contribution in [-0.4, -0.2) is 0 Å². The van der Waals surface area contributed by atoms with E-state index in [1.54, 1.807) is 0 Å². The fraction of sp³-hybridized carbons (Fsp3) is 0.333. The maximum Gasteiger partial charge on any atom is 0.416 e. The van der Waals surface area contributed by atoms with E-state index in [2.05, 4.69) is 13.8 Å². The first-order chi connectivity index (χ1) is 10.3. The summed E-state index contributed by atoms with van der Waals surface area (Å²) in [5.74, 6) is 0.518. The molecule has 0 amide bonds. The Hall–Kier alpha value is -1.81. The Bertz CT molecular complexity index is 598. The lowest BCUT2D eigenvalue weighted by atomic mass is 9.95. The quantitative estimate of drug-likeness (QED) is 0.802. The van der Waals surface area contributed by atoms with Crippen molar-refractivity contribution in [3.05, 3.63) is 59.7 Å². The second kappa shape index (κ2) is 6.53. The van der Waals surface area contributed by atoms with E-state index < -0.39 is 11.7 Å². The monoisotopic (exact) mass is 307 g/mol. The molecule has 118 valence electrons. The van der Waals surface area contributed by atoms with Gasteiger partial charge in [-0.15, -0.1) is 0 Å². The molecule has 0 aliphatic heterocycles. The summed E-state index contributed by atoms with van der Waals surface area (Å²) in [6, 6.07) is 12.9. The first-order valence-electron chi connectivity index (χ1n) is 7.30. The molecule has 0 unspecified atom stereocenters. The molecule has 1 nitrogen and oxygen atoms in total. The van der Waals surface area contributed by atoms with Crippen LogP contribution in [0.25, 0.3) is 11.1 Å². The van der Waals surface area contributed by atoms with E-state index in [9.17, 15) is 13.2 Å². The van der Waals surface area contributed by atoms with Gasteiger partial charge in [-0.3, -0.25) is 0 Å². The minimum atomic E-state index is -4.30. The van der Waals surface area contributed by atoms with Gasteiger partial charge < -0.3 is 5.73 Å². The summed E-state index contributed by atoms with van der Waals surface area (Å²) in [5, 5.41) is 0. The van der Waals surface area contributed by atoms with Crippen LogP contribution in [0, 0.1) is 5.92 Å². The third-order valence-corrected chi connectivity index (χ3v) is 3.61. The van der Waals surface area contributed by atoms with Crippen LogP contribution in [0.3, 0.4) is 0 Å². The highest BCUT2D eigenvalue weighted by atomic mass is 19.4. The number of alkyl halides is 3. The largest absolute Gasteiger partial charge is 0.416 e. The van der Waals surface area contributed by atoms with Crippen LogP contribution >= 0.6 is 0 Å². The molecule has 0 aliphatic rings. The average molecular weight is 307 g/mol. The minimum absolute atomic E-state index is 0.0124. The second-order valence-electron chi connectivity index (χ2n) is 5.93. The zero-order valence-electron chi connectivity index (χ0n) is 12.7. The van der Waals surface area contributed by atoms with E-state index in [-0.39, 0.29) is 6.04 Å². The molecular weight excluding hydrogens is 287 g/mol. The molecule has 0 saturated heterocycles. The molecule has 2 aromatic rings. The van der Waals surface area contributed by atoms with Crippen molar-refractivity contribution in [1.82, 2.24) is 0 Å². The number of hydrogen-bond acceptors (Lipinski definition) is 1.